The summed E-state index contributed by atoms with van der Waals surface area (Å²) in [7, 11) is 0. The van der Waals surface area contributed by atoms with Crippen molar-refractivity contribution in [1.29, 1.82) is 0 Å². The maximum Gasteiger partial charge on any atom is 0.315 e. The normalized spacial score (nSPS) is 15.3. The number of imidazole rings is 1. The Morgan fingerprint density at radius 1 is 1.11 bits per heavy atom. The summed E-state index contributed by atoms with van der Waals surface area (Å²) in [6.45, 7) is 8.00. The van der Waals surface area contributed by atoms with E-state index in [2.05, 4.69) is 34.4 Å². The molecule has 3 amide bonds. The average Bonchev–Trinajstić information content (AvgIpc) is 3.28. The van der Waals surface area contributed by atoms with Gasteiger partial charge in [0.05, 0.1) is 23.7 Å². The number of piperidine rings is 1. The van der Waals surface area contributed by atoms with Gasteiger partial charge in [0.25, 0.3) is 5.91 Å². The number of likely N-dealkylation sites (tertiary alicyclic amines) is 1. The SMILES string of the molecule is CCOc1ccc(C(=O)N2CCC(NC(=O)NC(CC(C)C)c3nc4ccccc4[nH]3)CC2)cc1. The number of aromatic nitrogens is 2. The predicted molar refractivity (Wildman–Crippen MR) is 136 cm³/mol. The van der Waals surface area contributed by atoms with Crippen LogP contribution < -0.4 is 15.4 Å². The number of nitrogens with zero attached hydrogens (tertiary/aromatic N) is 2. The first-order chi connectivity index (χ1) is 16.9. The highest BCUT2D eigenvalue weighted by Crippen LogP contribution is 2.22. The maximum atomic E-state index is 12.9. The van der Waals surface area contributed by atoms with Crippen LogP contribution in [0.1, 0.15) is 62.3 Å². The van der Waals surface area contributed by atoms with Crippen molar-refractivity contribution in [3.63, 3.8) is 0 Å². The number of nitrogens with one attached hydrogen (secondary N) is 3. The summed E-state index contributed by atoms with van der Waals surface area (Å²) in [4.78, 5) is 35.6. The van der Waals surface area contributed by atoms with E-state index in [1.165, 1.54) is 0 Å². The number of fused-ring (bicyclic) bond motifs is 1. The van der Waals surface area contributed by atoms with Gasteiger partial charge in [0.2, 0.25) is 0 Å². The van der Waals surface area contributed by atoms with Crippen molar-refractivity contribution < 1.29 is 14.3 Å². The minimum atomic E-state index is -0.205. The molecule has 1 unspecified atom stereocenters. The molecule has 1 aromatic heterocycles. The molecule has 0 aliphatic carbocycles. The van der Waals surface area contributed by atoms with Crippen LogP contribution in [0.15, 0.2) is 48.5 Å². The zero-order chi connectivity index (χ0) is 24.8. The fraction of sp³-hybridized carbons (Fsp3) is 0.444. The summed E-state index contributed by atoms with van der Waals surface area (Å²) >= 11 is 0. The second-order valence-corrected chi connectivity index (χ2v) is 9.46. The van der Waals surface area contributed by atoms with Crippen molar-refractivity contribution in [3.8, 4) is 5.75 Å². The largest absolute Gasteiger partial charge is 0.494 e. The van der Waals surface area contributed by atoms with Crippen LogP contribution in [0.3, 0.4) is 0 Å². The number of carbonyl (C=O) groups is 2. The zero-order valence-corrected chi connectivity index (χ0v) is 20.7. The number of ether oxygens (including phenoxy) is 1. The molecule has 0 spiro atoms. The van der Waals surface area contributed by atoms with Crippen LogP contribution in [0.2, 0.25) is 0 Å². The molecule has 3 aromatic rings. The molecule has 4 rings (SSSR count). The van der Waals surface area contributed by atoms with Crippen molar-refractivity contribution in [3.05, 3.63) is 59.9 Å². The fourth-order valence-corrected chi connectivity index (χ4v) is 4.50. The molecule has 1 atom stereocenters. The van der Waals surface area contributed by atoms with Gasteiger partial charge in [-0.3, -0.25) is 4.79 Å². The first kappa shape index (κ1) is 24.6. The lowest BCUT2D eigenvalue weighted by Crippen LogP contribution is -2.49. The third-order valence-corrected chi connectivity index (χ3v) is 6.28. The summed E-state index contributed by atoms with van der Waals surface area (Å²) in [6, 6.07) is 14.7. The molecule has 3 N–H and O–H groups in total. The summed E-state index contributed by atoms with van der Waals surface area (Å²) < 4.78 is 5.45. The van der Waals surface area contributed by atoms with Gasteiger partial charge in [0.1, 0.15) is 11.6 Å². The van der Waals surface area contributed by atoms with E-state index < -0.39 is 0 Å². The number of hydrogen-bond acceptors (Lipinski definition) is 4. The Morgan fingerprint density at radius 3 is 2.49 bits per heavy atom. The van der Waals surface area contributed by atoms with Crippen LogP contribution in [-0.2, 0) is 0 Å². The minimum Gasteiger partial charge on any atom is -0.494 e. The first-order valence-corrected chi connectivity index (χ1v) is 12.5. The summed E-state index contributed by atoms with van der Waals surface area (Å²) in [5.74, 6) is 1.94. The van der Waals surface area contributed by atoms with Crippen molar-refractivity contribution in [2.75, 3.05) is 19.7 Å². The third-order valence-electron chi connectivity index (χ3n) is 6.28. The van der Waals surface area contributed by atoms with E-state index in [1.54, 1.807) is 12.1 Å². The molecule has 2 heterocycles. The van der Waals surface area contributed by atoms with E-state index in [0.29, 0.717) is 31.2 Å². The zero-order valence-electron chi connectivity index (χ0n) is 20.7. The number of benzene rings is 2. The van der Waals surface area contributed by atoms with Gasteiger partial charge in [0, 0.05) is 24.7 Å². The molecular formula is C27H35N5O3. The predicted octanol–water partition coefficient (Wildman–Crippen LogP) is 4.65. The molecule has 186 valence electrons. The number of rotatable bonds is 8. The highest BCUT2D eigenvalue weighted by atomic mass is 16.5. The lowest BCUT2D eigenvalue weighted by molar-refractivity contribution is 0.0708. The molecule has 1 fully saturated rings. The van der Waals surface area contributed by atoms with Gasteiger partial charge in [-0.1, -0.05) is 26.0 Å². The van der Waals surface area contributed by atoms with Crippen LogP contribution >= 0.6 is 0 Å². The second kappa shape index (κ2) is 11.3. The Balaban J connectivity index is 1.30. The van der Waals surface area contributed by atoms with Crippen LogP contribution in [0.4, 0.5) is 4.79 Å². The summed E-state index contributed by atoms with van der Waals surface area (Å²) in [5, 5.41) is 6.21. The fourth-order valence-electron chi connectivity index (χ4n) is 4.50. The van der Waals surface area contributed by atoms with E-state index in [4.69, 9.17) is 4.74 Å². The molecule has 2 aromatic carbocycles. The molecule has 0 bridgehead atoms. The monoisotopic (exact) mass is 477 g/mol. The van der Waals surface area contributed by atoms with Crippen LogP contribution in [0, 0.1) is 5.92 Å². The number of para-hydroxylation sites is 2. The van der Waals surface area contributed by atoms with E-state index in [-0.39, 0.29) is 24.0 Å². The minimum absolute atomic E-state index is 0.0119. The molecule has 8 heteroatoms. The number of amides is 3. The van der Waals surface area contributed by atoms with Gasteiger partial charge in [-0.25, -0.2) is 9.78 Å². The van der Waals surface area contributed by atoms with Gasteiger partial charge in [-0.05, 0) is 68.5 Å². The van der Waals surface area contributed by atoms with Crippen molar-refractivity contribution in [2.24, 2.45) is 5.92 Å². The molecule has 1 aliphatic rings. The highest BCUT2D eigenvalue weighted by molar-refractivity contribution is 5.94. The van der Waals surface area contributed by atoms with E-state index in [0.717, 1.165) is 41.9 Å². The van der Waals surface area contributed by atoms with E-state index in [9.17, 15) is 9.59 Å². The summed E-state index contributed by atoms with van der Waals surface area (Å²) in [6.07, 6.45) is 2.22. The molecular weight excluding hydrogens is 442 g/mol. The Labute approximate surface area is 206 Å². The molecule has 1 saturated heterocycles. The van der Waals surface area contributed by atoms with Crippen molar-refractivity contribution in [2.45, 2.75) is 52.1 Å². The van der Waals surface area contributed by atoms with Gasteiger partial charge in [-0.15, -0.1) is 0 Å². The van der Waals surface area contributed by atoms with Crippen molar-refractivity contribution >= 4 is 23.0 Å². The topological polar surface area (TPSA) is 99.3 Å². The Kier molecular flexibility index (Phi) is 7.90. The molecule has 8 nitrogen and oxygen atoms in total. The smallest absolute Gasteiger partial charge is 0.315 e. The van der Waals surface area contributed by atoms with Gasteiger partial charge >= 0.3 is 6.03 Å². The number of urea groups is 1. The van der Waals surface area contributed by atoms with Gasteiger partial charge in [-0.2, -0.15) is 0 Å². The molecule has 0 saturated carbocycles. The first-order valence-electron chi connectivity index (χ1n) is 12.5. The number of hydrogen-bond donors (Lipinski definition) is 3. The maximum absolute atomic E-state index is 12.9. The quantitative estimate of drug-likeness (QED) is 0.440. The Morgan fingerprint density at radius 2 is 1.83 bits per heavy atom. The van der Waals surface area contributed by atoms with Crippen LogP contribution in [-0.4, -0.2) is 52.5 Å². The molecule has 35 heavy (non-hydrogen) atoms. The highest BCUT2D eigenvalue weighted by Gasteiger charge is 2.26. The average molecular weight is 478 g/mol. The molecule has 1 aliphatic heterocycles. The Hall–Kier alpha value is -3.55. The van der Waals surface area contributed by atoms with Crippen molar-refractivity contribution in [1.82, 2.24) is 25.5 Å². The lowest BCUT2D eigenvalue weighted by Gasteiger charge is -2.33. The second-order valence-electron chi connectivity index (χ2n) is 9.46. The number of carbonyl (C=O) groups excluding carboxylic acids is 2. The summed E-state index contributed by atoms with van der Waals surface area (Å²) in [5.41, 5.74) is 2.51. The lowest BCUT2D eigenvalue weighted by atomic mass is 10.0. The van der Waals surface area contributed by atoms with E-state index in [1.807, 2.05) is 48.2 Å². The number of aromatic amines is 1. The van der Waals surface area contributed by atoms with Gasteiger partial charge < -0.3 is 25.3 Å². The molecule has 0 radical (unpaired) electrons. The van der Waals surface area contributed by atoms with E-state index >= 15 is 0 Å². The third kappa shape index (κ3) is 6.32. The number of H-pyrrole nitrogens is 1. The Bertz CT molecular complexity index is 1100. The van der Waals surface area contributed by atoms with Crippen LogP contribution in [0.5, 0.6) is 5.75 Å². The van der Waals surface area contributed by atoms with Gasteiger partial charge in [0.15, 0.2) is 0 Å². The standard InChI is InChI=1S/C27H35N5O3/c1-4-35-21-11-9-19(10-12-21)26(33)32-15-13-20(14-16-32)28-27(34)31-24(17-18(2)3)25-29-22-7-5-6-8-23(22)30-25/h5-12,18,20,24H,4,13-17H2,1-3H3,(H,29,30)(H2,28,31,34). The van der Waals surface area contributed by atoms with Crippen LogP contribution in [0.25, 0.3) is 11.0 Å².